The molecule has 5 heteroatoms. The van der Waals surface area contributed by atoms with Crippen molar-refractivity contribution >= 4 is 17.7 Å². The van der Waals surface area contributed by atoms with Crippen molar-refractivity contribution in [3.05, 3.63) is 0 Å². The third kappa shape index (κ3) is 6.28. The van der Waals surface area contributed by atoms with E-state index >= 15 is 0 Å². The molecule has 1 amide bonds. The molecule has 1 saturated carbocycles. The summed E-state index contributed by atoms with van der Waals surface area (Å²) in [6.07, 6.45) is 11.5. The first kappa shape index (κ1) is 19.1. The van der Waals surface area contributed by atoms with Gasteiger partial charge in [-0.25, -0.2) is 0 Å². The third-order valence-electron chi connectivity index (χ3n) is 5.44. The van der Waals surface area contributed by atoms with Crippen LogP contribution >= 0.6 is 11.8 Å². The third-order valence-corrected chi connectivity index (χ3v) is 6.38. The fraction of sp³-hybridized carbons (Fsp3) is 0.944. The molecule has 0 aromatic rings. The minimum Gasteiger partial charge on any atom is -0.354 e. The van der Waals surface area contributed by atoms with Gasteiger partial charge in [-0.05, 0) is 32.2 Å². The van der Waals surface area contributed by atoms with Gasteiger partial charge in [0.2, 0.25) is 5.91 Å². The van der Waals surface area contributed by atoms with Crippen molar-refractivity contribution in [3.63, 3.8) is 0 Å². The van der Waals surface area contributed by atoms with Crippen molar-refractivity contribution in [3.8, 4) is 0 Å². The monoisotopic (exact) mass is 341 g/mol. The number of carbonyl (C=O) groups excluding carboxylic acids is 1. The molecule has 2 aliphatic rings. The number of amides is 1. The van der Waals surface area contributed by atoms with Crippen molar-refractivity contribution in [2.45, 2.75) is 69.7 Å². The second-order valence-corrected chi connectivity index (χ2v) is 8.34. The Morgan fingerprint density at radius 1 is 1.04 bits per heavy atom. The van der Waals surface area contributed by atoms with Crippen LogP contribution in [-0.2, 0) is 4.79 Å². The van der Waals surface area contributed by atoms with Crippen LogP contribution in [0.15, 0.2) is 0 Å². The van der Waals surface area contributed by atoms with Gasteiger partial charge in [0.1, 0.15) is 0 Å². The molecular weight excluding hydrogens is 306 g/mol. The van der Waals surface area contributed by atoms with E-state index in [1.165, 1.54) is 56.7 Å². The maximum absolute atomic E-state index is 12.2. The zero-order valence-corrected chi connectivity index (χ0v) is 15.5. The van der Waals surface area contributed by atoms with Crippen LogP contribution in [0.3, 0.4) is 0 Å². The van der Waals surface area contributed by atoms with E-state index in [9.17, 15) is 4.79 Å². The summed E-state index contributed by atoms with van der Waals surface area (Å²) in [5, 5.41) is 3.27. The van der Waals surface area contributed by atoms with E-state index in [2.05, 4.69) is 22.0 Å². The Kier molecular flexibility index (Phi) is 8.77. The van der Waals surface area contributed by atoms with Crippen LogP contribution in [0.2, 0.25) is 0 Å². The molecule has 0 atom stereocenters. The van der Waals surface area contributed by atoms with Crippen molar-refractivity contribution in [2.24, 2.45) is 5.73 Å². The Bertz CT molecular complexity index is 339. The highest BCUT2D eigenvalue weighted by atomic mass is 32.2. The average Bonchev–Trinajstić information content (AvgIpc) is 2.61. The molecule has 4 nitrogen and oxygen atoms in total. The lowest BCUT2D eigenvalue weighted by Gasteiger charge is -2.48. The molecular formula is C18H35N3OS. The molecule has 1 heterocycles. The molecule has 23 heavy (non-hydrogen) atoms. The van der Waals surface area contributed by atoms with Gasteiger partial charge in [-0.2, -0.15) is 11.8 Å². The Hall–Kier alpha value is -0.260. The normalized spacial score (nSPS) is 22.0. The number of hydrogen-bond donors (Lipinski definition) is 2. The molecule has 0 aromatic heterocycles. The quantitative estimate of drug-likeness (QED) is 0.633. The molecule has 134 valence electrons. The zero-order chi connectivity index (χ0) is 16.4. The lowest BCUT2D eigenvalue weighted by atomic mass is 9.80. The van der Waals surface area contributed by atoms with Gasteiger partial charge >= 0.3 is 0 Å². The molecule has 1 aliphatic carbocycles. The van der Waals surface area contributed by atoms with E-state index in [1.807, 2.05) is 0 Å². The maximum Gasteiger partial charge on any atom is 0.220 e. The summed E-state index contributed by atoms with van der Waals surface area (Å²) in [5.74, 6) is 2.74. The minimum absolute atomic E-state index is 0.244. The van der Waals surface area contributed by atoms with Crippen molar-refractivity contribution in [1.29, 1.82) is 0 Å². The molecule has 0 spiro atoms. The lowest BCUT2D eigenvalue weighted by molar-refractivity contribution is -0.122. The van der Waals surface area contributed by atoms with Crippen molar-refractivity contribution in [1.82, 2.24) is 10.2 Å². The summed E-state index contributed by atoms with van der Waals surface area (Å²) < 4.78 is 0. The molecule has 0 radical (unpaired) electrons. The first-order valence-electron chi connectivity index (χ1n) is 9.56. The van der Waals surface area contributed by atoms with Crippen molar-refractivity contribution in [2.75, 3.05) is 37.7 Å². The molecule has 1 saturated heterocycles. The van der Waals surface area contributed by atoms with Gasteiger partial charge in [0.05, 0.1) is 0 Å². The minimum atomic E-state index is 0.244. The molecule has 2 fully saturated rings. The number of nitrogens with one attached hydrogen (secondary N) is 1. The van der Waals surface area contributed by atoms with E-state index in [-0.39, 0.29) is 11.4 Å². The predicted molar refractivity (Wildman–Crippen MR) is 99.9 cm³/mol. The standard InChI is InChI=1S/C18H35N3OS/c19-11-7-2-1-4-8-17(22)20-16-18(9-5-3-6-10-18)21-12-14-23-15-13-21/h1-16,19H2,(H,20,22). The Morgan fingerprint density at radius 2 is 1.74 bits per heavy atom. The van der Waals surface area contributed by atoms with Gasteiger partial charge in [-0.1, -0.05) is 32.1 Å². The predicted octanol–water partition coefficient (Wildman–Crippen LogP) is 2.76. The second kappa shape index (κ2) is 10.6. The SMILES string of the molecule is NCCCCCCC(=O)NCC1(N2CCSCC2)CCCCC1. The van der Waals surface area contributed by atoms with E-state index in [0.29, 0.717) is 6.42 Å². The highest BCUT2D eigenvalue weighted by Gasteiger charge is 2.38. The first-order valence-corrected chi connectivity index (χ1v) is 10.7. The van der Waals surface area contributed by atoms with Crippen LogP contribution in [-0.4, -0.2) is 54.0 Å². The van der Waals surface area contributed by atoms with Crippen LogP contribution < -0.4 is 11.1 Å². The molecule has 0 unspecified atom stereocenters. The summed E-state index contributed by atoms with van der Waals surface area (Å²) >= 11 is 2.07. The summed E-state index contributed by atoms with van der Waals surface area (Å²) in [5.41, 5.74) is 5.75. The first-order chi connectivity index (χ1) is 11.3. The van der Waals surface area contributed by atoms with Crippen LogP contribution in [0.5, 0.6) is 0 Å². The number of thioether (sulfide) groups is 1. The van der Waals surface area contributed by atoms with E-state index in [0.717, 1.165) is 38.8 Å². The summed E-state index contributed by atoms with van der Waals surface area (Å²) in [4.78, 5) is 14.9. The number of carbonyl (C=O) groups is 1. The van der Waals surface area contributed by atoms with Crippen molar-refractivity contribution < 1.29 is 4.79 Å². The largest absolute Gasteiger partial charge is 0.354 e. The van der Waals surface area contributed by atoms with Gasteiger partial charge in [-0.15, -0.1) is 0 Å². The topological polar surface area (TPSA) is 58.4 Å². The molecule has 3 N–H and O–H groups in total. The Balaban J connectivity index is 1.75. The van der Waals surface area contributed by atoms with Gasteiger partial charge in [0.15, 0.2) is 0 Å². The fourth-order valence-corrected chi connectivity index (χ4v) is 4.89. The van der Waals surface area contributed by atoms with Gasteiger partial charge in [0, 0.05) is 43.1 Å². The number of hydrogen-bond acceptors (Lipinski definition) is 4. The van der Waals surface area contributed by atoms with E-state index < -0.39 is 0 Å². The van der Waals surface area contributed by atoms with E-state index in [1.54, 1.807) is 0 Å². The fourth-order valence-electron chi connectivity index (χ4n) is 3.99. The summed E-state index contributed by atoms with van der Waals surface area (Å²) in [7, 11) is 0. The smallest absolute Gasteiger partial charge is 0.220 e. The van der Waals surface area contributed by atoms with Gasteiger partial charge in [0.25, 0.3) is 0 Å². The highest BCUT2D eigenvalue weighted by Crippen LogP contribution is 2.34. The lowest BCUT2D eigenvalue weighted by Crippen LogP contribution is -2.58. The Morgan fingerprint density at radius 3 is 2.43 bits per heavy atom. The number of nitrogens with two attached hydrogens (primary N) is 1. The zero-order valence-electron chi connectivity index (χ0n) is 14.7. The van der Waals surface area contributed by atoms with E-state index in [4.69, 9.17) is 5.73 Å². The average molecular weight is 342 g/mol. The molecule has 1 aliphatic heterocycles. The number of unbranched alkanes of at least 4 members (excludes halogenated alkanes) is 3. The summed E-state index contributed by atoms with van der Waals surface area (Å²) in [6.45, 7) is 4.02. The van der Waals surface area contributed by atoms with Crippen LogP contribution in [0.1, 0.15) is 64.2 Å². The second-order valence-electron chi connectivity index (χ2n) is 7.11. The summed E-state index contributed by atoms with van der Waals surface area (Å²) in [6, 6.07) is 0. The number of nitrogens with zero attached hydrogens (tertiary/aromatic N) is 1. The van der Waals surface area contributed by atoms with Gasteiger partial charge < -0.3 is 11.1 Å². The van der Waals surface area contributed by atoms with Gasteiger partial charge in [-0.3, -0.25) is 9.69 Å². The molecule has 0 aromatic carbocycles. The molecule has 0 bridgehead atoms. The Labute approximate surface area is 146 Å². The van der Waals surface area contributed by atoms with Crippen LogP contribution in [0, 0.1) is 0 Å². The highest BCUT2D eigenvalue weighted by molar-refractivity contribution is 7.99. The maximum atomic E-state index is 12.2. The number of rotatable bonds is 9. The van der Waals surface area contributed by atoms with Crippen LogP contribution in [0.4, 0.5) is 0 Å². The van der Waals surface area contributed by atoms with Crippen LogP contribution in [0.25, 0.3) is 0 Å². The molecule has 2 rings (SSSR count).